The minimum Gasteiger partial charge on any atom is -0.393 e. The van der Waals surface area contributed by atoms with Crippen molar-refractivity contribution < 1.29 is 14.7 Å². The normalized spacial score (nSPS) is 24.7. The van der Waals surface area contributed by atoms with Gasteiger partial charge in [0.2, 0.25) is 0 Å². The zero-order chi connectivity index (χ0) is 12.8. The number of nitrogens with zero attached hydrogens (tertiary/aromatic N) is 1. The average Bonchev–Trinajstić information content (AvgIpc) is 2.35. The highest BCUT2D eigenvalue weighted by Crippen LogP contribution is 2.16. The zero-order valence-electron chi connectivity index (χ0n) is 10.5. The Labute approximate surface area is 102 Å². The van der Waals surface area contributed by atoms with E-state index < -0.39 is 6.10 Å². The summed E-state index contributed by atoms with van der Waals surface area (Å²) < 4.78 is 0. The fourth-order valence-corrected chi connectivity index (χ4v) is 1.71. The van der Waals surface area contributed by atoms with Crippen LogP contribution in [0.5, 0.6) is 0 Å². The highest BCUT2D eigenvalue weighted by Gasteiger charge is 2.23. The second-order valence-electron chi connectivity index (χ2n) is 4.07. The molecule has 0 aliphatic heterocycles. The summed E-state index contributed by atoms with van der Waals surface area (Å²) in [5, 5.41) is 13.9. The molecule has 0 heterocycles. The number of likely N-dealkylation sites (N-methyl/N-ethyl adjacent to an activating group) is 1. The molecule has 0 spiro atoms. The van der Waals surface area contributed by atoms with E-state index in [1.807, 2.05) is 24.3 Å². The van der Waals surface area contributed by atoms with Crippen molar-refractivity contribution in [3.63, 3.8) is 0 Å². The molecular formula is C12H20N2O3. The predicted molar refractivity (Wildman–Crippen MR) is 65.0 cm³/mol. The number of rotatable bonds is 5. The van der Waals surface area contributed by atoms with E-state index in [9.17, 15) is 9.90 Å². The third-order valence-corrected chi connectivity index (χ3v) is 2.85. The summed E-state index contributed by atoms with van der Waals surface area (Å²) in [5.41, 5.74) is 0. The molecule has 0 radical (unpaired) electrons. The molecule has 96 valence electrons. The van der Waals surface area contributed by atoms with Crippen molar-refractivity contribution in [2.75, 3.05) is 20.7 Å². The molecule has 5 heteroatoms. The van der Waals surface area contributed by atoms with Gasteiger partial charge in [0, 0.05) is 19.0 Å². The van der Waals surface area contributed by atoms with Crippen molar-refractivity contribution in [1.82, 2.24) is 10.4 Å². The Balaban J connectivity index is 2.48. The van der Waals surface area contributed by atoms with Crippen molar-refractivity contribution in [1.29, 1.82) is 0 Å². The van der Waals surface area contributed by atoms with Crippen LogP contribution < -0.4 is 5.32 Å². The second-order valence-corrected chi connectivity index (χ2v) is 4.07. The van der Waals surface area contributed by atoms with Crippen LogP contribution in [0.4, 0.5) is 0 Å². The number of hydrogen-bond acceptors (Lipinski definition) is 4. The number of carbonyl (C=O) groups excluding carboxylic acids is 1. The Hall–Kier alpha value is -1.17. The van der Waals surface area contributed by atoms with Crippen LogP contribution in [0.25, 0.3) is 0 Å². The van der Waals surface area contributed by atoms with Gasteiger partial charge in [0.1, 0.15) is 0 Å². The van der Waals surface area contributed by atoms with Gasteiger partial charge in [-0.15, -0.1) is 0 Å². The maximum atomic E-state index is 11.5. The quantitative estimate of drug-likeness (QED) is 0.668. The summed E-state index contributed by atoms with van der Waals surface area (Å²) in [6, 6.07) is -0.0331. The van der Waals surface area contributed by atoms with Gasteiger partial charge in [0.25, 0.3) is 5.91 Å². The molecule has 17 heavy (non-hydrogen) atoms. The molecule has 0 aromatic carbocycles. The van der Waals surface area contributed by atoms with E-state index in [1.165, 1.54) is 12.2 Å². The predicted octanol–water partition coefficient (Wildman–Crippen LogP) is 0.0874. The first kappa shape index (κ1) is 13.9. The van der Waals surface area contributed by atoms with Crippen molar-refractivity contribution in [2.24, 2.45) is 5.92 Å². The van der Waals surface area contributed by atoms with E-state index in [-0.39, 0.29) is 24.4 Å². The Bertz CT molecular complexity index is 313. The third kappa shape index (κ3) is 3.96. The van der Waals surface area contributed by atoms with Gasteiger partial charge in [0.05, 0.1) is 19.8 Å². The molecule has 5 nitrogen and oxygen atoms in total. The maximum absolute atomic E-state index is 11.5. The maximum Gasteiger partial charge on any atom is 0.259 e. The number of amides is 1. The molecule has 0 saturated carbocycles. The molecule has 0 fully saturated rings. The number of allylic oxidation sites excluding steroid dienone is 2. The van der Waals surface area contributed by atoms with Crippen molar-refractivity contribution in [3.8, 4) is 0 Å². The largest absolute Gasteiger partial charge is 0.393 e. The Morgan fingerprint density at radius 2 is 2.18 bits per heavy atom. The van der Waals surface area contributed by atoms with Gasteiger partial charge < -0.3 is 10.4 Å². The Kier molecular flexibility index (Phi) is 5.34. The molecule has 0 saturated heterocycles. The lowest BCUT2D eigenvalue weighted by molar-refractivity contribution is -0.167. The standard InChI is InChI=1S/C12H20N2O3/c1-9(15)10-6-4-5-7-11(10)13-8-12(16)14(2)17-3/h4-7,9-11,13,15H,8H2,1-3H3. The van der Waals surface area contributed by atoms with Gasteiger partial charge in [-0.2, -0.15) is 0 Å². The molecule has 1 aliphatic rings. The Morgan fingerprint density at radius 1 is 1.53 bits per heavy atom. The topological polar surface area (TPSA) is 61.8 Å². The minimum atomic E-state index is -0.455. The molecule has 1 aliphatic carbocycles. The average molecular weight is 240 g/mol. The summed E-state index contributed by atoms with van der Waals surface area (Å²) in [6.07, 6.45) is 7.23. The molecule has 2 N–H and O–H groups in total. The van der Waals surface area contributed by atoms with Crippen LogP contribution >= 0.6 is 0 Å². The monoisotopic (exact) mass is 240 g/mol. The van der Waals surface area contributed by atoms with Gasteiger partial charge in [-0.1, -0.05) is 24.3 Å². The van der Waals surface area contributed by atoms with Gasteiger partial charge in [-0.3, -0.25) is 9.63 Å². The summed E-state index contributed by atoms with van der Waals surface area (Å²) in [4.78, 5) is 16.3. The molecule has 1 rings (SSSR count). The summed E-state index contributed by atoms with van der Waals surface area (Å²) in [6.45, 7) is 1.92. The fourth-order valence-electron chi connectivity index (χ4n) is 1.71. The lowest BCUT2D eigenvalue weighted by atomic mass is 9.90. The van der Waals surface area contributed by atoms with Gasteiger partial charge in [-0.05, 0) is 6.92 Å². The lowest BCUT2D eigenvalue weighted by Crippen LogP contribution is -2.44. The molecule has 0 aromatic rings. The highest BCUT2D eigenvalue weighted by atomic mass is 16.7. The number of carbonyl (C=O) groups is 1. The van der Waals surface area contributed by atoms with Crippen LogP contribution in [0.2, 0.25) is 0 Å². The molecule has 1 amide bonds. The van der Waals surface area contributed by atoms with Crippen LogP contribution in [-0.2, 0) is 9.63 Å². The number of aliphatic hydroxyl groups is 1. The van der Waals surface area contributed by atoms with E-state index in [4.69, 9.17) is 4.84 Å². The molecule has 0 bridgehead atoms. The van der Waals surface area contributed by atoms with Crippen LogP contribution in [0.3, 0.4) is 0 Å². The minimum absolute atomic E-state index is 0.0133. The first-order chi connectivity index (χ1) is 8.06. The zero-order valence-corrected chi connectivity index (χ0v) is 10.5. The first-order valence-electron chi connectivity index (χ1n) is 5.63. The van der Waals surface area contributed by atoms with Crippen molar-refractivity contribution in [3.05, 3.63) is 24.3 Å². The van der Waals surface area contributed by atoms with Gasteiger partial charge in [-0.25, -0.2) is 5.06 Å². The van der Waals surface area contributed by atoms with E-state index in [1.54, 1.807) is 14.0 Å². The van der Waals surface area contributed by atoms with E-state index >= 15 is 0 Å². The third-order valence-electron chi connectivity index (χ3n) is 2.85. The molecule has 3 atom stereocenters. The second kappa shape index (κ2) is 6.54. The van der Waals surface area contributed by atoms with Crippen LogP contribution in [0.1, 0.15) is 6.92 Å². The van der Waals surface area contributed by atoms with Crippen LogP contribution in [0.15, 0.2) is 24.3 Å². The van der Waals surface area contributed by atoms with E-state index in [0.29, 0.717) is 0 Å². The summed E-state index contributed by atoms with van der Waals surface area (Å²) in [7, 11) is 3.01. The van der Waals surface area contributed by atoms with E-state index in [2.05, 4.69) is 5.32 Å². The molecule has 0 aromatic heterocycles. The van der Waals surface area contributed by atoms with Crippen molar-refractivity contribution >= 4 is 5.91 Å². The van der Waals surface area contributed by atoms with Gasteiger partial charge in [0.15, 0.2) is 0 Å². The van der Waals surface area contributed by atoms with Crippen LogP contribution in [0, 0.1) is 5.92 Å². The summed E-state index contributed by atoms with van der Waals surface area (Å²) in [5.74, 6) is -0.166. The first-order valence-corrected chi connectivity index (χ1v) is 5.63. The number of hydroxylamine groups is 2. The summed E-state index contributed by atoms with van der Waals surface area (Å²) >= 11 is 0. The van der Waals surface area contributed by atoms with E-state index in [0.717, 1.165) is 0 Å². The molecule has 3 unspecified atom stereocenters. The highest BCUT2D eigenvalue weighted by molar-refractivity contribution is 5.76. The lowest BCUT2D eigenvalue weighted by Gasteiger charge is -2.27. The van der Waals surface area contributed by atoms with Gasteiger partial charge >= 0.3 is 0 Å². The SMILES string of the molecule is CON(C)C(=O)CNC1C=CC=CC1C(C)O. The number of hydrogen-bond donors (Lipinski definition) is 2. The van der Waals surface area contributed by atoms with Crippen molar-refractivity contribution in [2.45, 2.75) is 19.1 Å². The number of aliphatic hydroxyl groups excluding tert-OH is 1. The number of nitrogens with one attached hydrogen (secondary N) is 1. The Morgan fingerprint density at radius 3 is 2.76 bits per heavy atom. The smallest absolute Gasteiger partial charge is 0.259 e. The fraction of sp³-hybridized carbons (Fsp3) is 0.583. The molecular weight excluding hydrogens is 220 g/mol. The van der Waals surface area contributed by atoms with Crippen LogP contribution in [-0.4, -0.2) is 48.9 Å².